The second kappa shape index (κ2) is 9.88. The number of hydrogen-bond donors (Lipinski definition) is 1. The van der Waals surface area contributed by atoms with Crippen molar-refractivity contribution in [2.45, 2.75) is 24.3 Å². The van der Waals surface area contributed by atoms with Crippen LogP contribution in [0.5, 0.6) is 5.75 Å². The summed E-state index contributed by atoms with van der Waals surface area (Å²) < 4.78 is 63.3. The van der Waals surface area contributed by atoms with Crippen molar-refractivity contribution in [3.8, 4) is 5.75 Å². The first-order valence-corrected chi connectivity index (χ1v) is 12.5. The highest BCUT2D eigenvalue weighted by atomic mass is 32.2. The third kappa shape index (κ3) is 5.00. The minimum Gasteiger partial charge on any atom is -0.497 e. The van der Waals surface area contributed by atoms with Gasteiger partial charge in [-0.05, 0) is 37.3 Å². The molecule has 0 radical (unpaired) electrons. The predicted octanol–water partition coefficient (Wildman–Crippen LogP) is 1.99. The van der Waals surface area contributed by atoms with Crippen molar-refractivity contribution < 1.29 is 27.0 Å². The van der Waals surface area contributed by atoms with E-state index in [9.17, 15) is 22.3 Å². The first-order valence-electron chi connectivity index (χ1n) is 11.0. The van der Waals surface area contributed by atoms with Crippen molar-refractivity contribution in [2.24, 2.45) is 0 Å². The number of nitrogens with zero attached hydrogens (tertiary/aromatic N) is 5. The van der Waals surface area contributed by atoms with Crippen molar-refractivity contribution in [2.75, 3.05) is 38.2 Å². The van der Waals surface area contributed by atoms with Crippen molar-refractivity contribution in [1.29, 1.82) is 0 Å². The second-order valence-electron chi connectivity index (χ2n) is 8.41. The molecule has 188 valence electrons. The standard InChI is InChI=1S/C23H27F2N5O4S/c1-17(23(31,14-29-16-26-15-27-29)21-8-3-18(24)13-22(21)25)35(32,33)30-11-9-28(10-12-30)19-4-6-20(34-2)7-5-19/h3-8,13,15-17,31H,9-12,14H2,1-2H3/t17-,23-/m1/s1. The molecule has 35 heavy (non-hydrogen) atoms. The number of piperazine rings is 1. The number of halogens is 2. The molecule has 12 heteroatoms. The number of benzene rings is 2. The van der Waals surface area contributed by atoms with Crippen LogP contribution in [0.1, 0.15) is 12.5 Å². The van der Waals surface area contributed by atoms with Gasteiger partial charge >= 0.3 is 0 Å². The molecule has 4 rings (SSSR count). The monoisotopic (exact) mass is 507 g/mol. The number of rotatable bonds is 8. The molecule has 3 aromatic rings. The van der Waals surface area contributed by atoms with E-state index in [1.807, 2.05) is 24.3 Å². The number of ether oxygens (including phenoxy) is 1. The molecule has 0 spiro atoms. The summed E-state index contributed by atoms with van der Waals surface area (Å²) in [6, 6.07) is 10.1. The quantitative estimate of drug-likeness (QED) is 0.498. The maximum absolute atomic E-state index is 14.8. The van der Waals surface area contributed by atoms with Gasteiger partial charge in [-0.3, -0.25) is 0 Å². The minimum atomic E-state index is -4.10. The fourth-order valence-corrected chi connectivity index (χ4v) is 6.11. The third-order valence-corrected chi connectivity index (χ3v) is 8.79. The van der Waals surface area contributed by atoms with Crippen LogP contribution in [0.15, 0.2) is 55.1 Å². The molecule has 1 fully saturated rings. The van der Waals surface area contributed by atoms with Gasteiger partial charge in [-0.25, -0.2) is 26.9 Å². The van der Waals surface area contributed by atoms with Gasteiger partial charge in [0.15, 0.2) is 0 Å². The van der Waals surface area contributed by atoms with Crippen LogP contribution >= 0.6 is 0 Å². The van der Waals surface area contributed by atoms with Crippen LogP contribution in [0.4, 0.5) is 14.5 Å². The molecule has 9 nitrogen and oxygen atoms in total. The Kier molecular flexibility index (Phi) is 7.06. The zero-order valence-electron chi connectivity index (χ0n) is 19.4. The second-order valence-corrected chi connectivity index (χ2v) is 10.7. The van der Waals surface area contributed by atoms with E-state index in [1.54, 1.807) is 7.11 Å². The lowest BCUT2D eigenvalue weighted by molar-refractivity contribution is 0.00953. The number of hydrogen-bond acceptors (Lipinski definition) is 7. The lowest BCUT2D eigenvalue weighted by Gasteiger charge is -2.40. The van der Waals surface area contributed by atoms with E-state index in [1.165, 1.54) is 28.6 Å². The predicted molar refractivity (Wildman–Crippen MR) is 125 cm³/mol. The van der Waals surface area contributed by atoms with Crippen LogP contribution in [0.3, 0.4) is 0 Å². The summed E-state index contributed by atoms with van der Waals surface area (Å²) in [5.74, 6) is -1.15. The molecule has 1 saturated heterocycles. The van der Waals surface area contributed by atoms with Gasteiger partial charge in [0.25, 0.3) is 0 Å². The Hall–Kier alpha value is -3.09. The molecule has 0 saturated carbocycles. The van der Waals surface area contributed by atoms with Gasteiger partial charge in [0, 0.05) is 43.5 Å². The number of anilines is 1. The first-order chi connectivity index (χ1) is 16.6. The Labute approximate surface area is 202 Å². The highest BCUT2D eigenvalue weighted by Gasteiger charge is 2.48. The van der Waals surface area contributed by atoms with Crippen molar-refractivity contribution >= 4 is 15.7 Å². The molecule has 1 aromatic heterocycles. The number of sulfonamides is 1. The Morgan fingerprint density at radius 3 is 2.37 bits per heavy atom. The fraction of sp³-hybridized carbons (Fsp3) is 0.391. The highest BCUT2D eigenvalue weighted by Crippen LogP contribution is 2.35. The molecular formula is C23H27F2N5O4S. The highest BCUT2D eigenvalue weighted by molar-refractivity contribution is 7.89. The Morgan fingerprint density at radius 2 is 1.80 bits per heavy atom. The molecule has 0 aliphatic carbocycles. The third-order valence-electron chi connectivity index (χ3n) is 6.42. The van der Waals surface area contributed by atoms with Crippen molar-refractivity contribution in [3.05, 3.63) is 72.3 Å². The van der Waals surface area contributed by atoms with Crippen molar-refractivity contribution in [1.82, 2.24) is 19.1 Å². The topological polar surface area (TPSA) is 101 Å². The molecule has 2 heterocycles. The Balaban J connectivity index is 1.58. The Bertz CT molecular complexity index is 1250. The van der Waals surface area contributed by atoms with Gasteiger partial charge in [-0.1, -0.05) is 6.07 Å². The van der Waals surface area contributed by atoms with E-state index < -0.39 is 32.5 Å². The molecule has 1 aliphatic rings. The molecule has 1 aliphatic heterocycles. The molecule has 0 bridgehead atoms. The normalized spacial score (nSPS) is 17.7. The largest absolute Gasteiger partial charge is 0.497 e. The van der Waals surface area contributed by atoms with Crippen LogP contribution in [0.2, 0.25) is 0 Å². The summed E-state index contributed by atoms with van der Waals surface area (Å²) in [7, 11) is -2.51. The lowest BCUT2D eigenvalue weighted by Crippen LogP contribution is -2.56. The maximum Gasteiger partial charge on any atom is 0.220 e. The van der Waals surface area contributed by atoms with Gasteiger partial charge in [0.2, 0.25) is 10.0 Å². The number of aromatic nitrogens is 3. The van der Waals surface area contributed by atoms with Gasteiger partial charge in [-0.15, -0.1) is 0 Å². The van der Waals surface area contributed by atoms with Crippen LogP contribution in [-0.4, -0.2) is 71.1 Å². The van der Waals surface area contributed by atoms with Crippen LogP contribution < -0.4 is 9.64 Å². The van der Waals surface area contributed by atoms with Crippen LogP contribution in [0, 0.1) is 11.6 Å². The Morgan fingerprint density at radius 1 is 1.11 bits per heavy atom. The molecule has 2 aromatic carbocycles. The number of aliphatic hydroxyl groups is 1. The molecule has 0 amide bonds. The SMILES string of the molecule is COc1ccc(N2CCN(S(=O)(=O)[C@H](C)[C@](O)(Cn3cncn3)c3ccc(F)cc3F)CC2)cc1. The zero-order valence-corrected chi connectivity index (χ0v) is 20.2. The minimum absolute atomic E-state index is 0.185. The average molecular weight is 508 g/mol. The number of methoxy groups -OCH3 is 1. The van der Waals surface area contributed by atoms with Gasteiger partial charge in [0.1, 0.15) is 40.9 Å². The van der Waals surface area contributed by atoms with Crippen LogP contribution in [-0.2, 0) is 22.2 Å². The maximum atomic E-state index is 14.8. The fourth-order valence-electron chi connectivity index (χ4n) is 4.30. The van der Waals surface area contributed by atoms with E-state index >= 15 is 0 Å². The molecule has 1 N–H and O–H groups in total. The summed E-state index contributed by atoms with van der Waals surface area (Å²) in [5.41, 5.74) is -1.63. The van der Waals surface area contributed by atoms with E-state index in [0.29, 0.717) is 19.2 Å². The van der Waals surface area contributed by atoms with Gasteiger partial charge in [-0.2, -0.15) is 9.40 Å². The average Bonchev–Trinajstić information content (AvgIpc) is 3.36. The zero-order chi connectivity index (χ0) is 25.2. The molecular weight excluding hydrogens is 480 g/mol. The molecule has 2 atom stereocenters. The summed E-state index contributed by atoms with van der Waals surface area (Å²) in [5, 5.41) is 14.1. The van der Waals surface area contributed by atoms with Gasteiger partial charge in [0.05, 0.1) is 13.7 Å². The first kappa shape index (κ1) is 25.0. The van der Waals surface area contributed by atoms with Crippen LogP contribution in [0.25, 0.3) is 0 Å². The summed E-state index contributed by atoms with van der Waals surface area (Å²) in [4.78, 5) is 5.86. The van der Waals surface area contributed by atoms with E-state index in [-0.39, 0.29) is 25.2 Å². The molecule has 0 unspecified atom stereocenters. The summed E-state index contributed by atoms with van der Waals surface area (Å²) in [6.07, 6.45) is 2.51. The van der Waals surface area contributed by atoms with E-state index in [0.717, 1.165) is 23.6 Å². The smallest absolute Gasteiger partial charge is 0.220 e. The van der Waals surface area contributed by atoms with Gasteiger partial charge < -0.3 is 14.7 Å². The van der Waals surface area contributed by atoms with Crippen molar-refractivity contribution in [3.63, 3.8) is 0 Å². The summed E-state index contributed by atoms with van der Waals surface area (Å²) in [6.45, 7) is 2.18. The summed E-state index contributed by atoms with van der Waals surface area (Å²) >= 11 is 0. The lowest BCUT2D eigenvalue weighted by atomic mass is 9.90. The van der Waals surface area contributed by atoms with E-state index in [4.69, 9.17) is 4.74 Å². The van der Waals surface area contributed by atoms with E-state index in [2.05, 4.69) is 15.0 Å².